The van der Waals surface area contributed by atoms with Gasteiger partial charge in [0.05, 0.1) is 10.2 Å². The van der Waals surface area contributed by atoms with Gasteiger partial charge in [-0.15, -0.1) is 29.1 Å². The predicted molar refractivity (Wildman–Crippen MR) is 225 cm³/mol. The van der Waals surface area contributed by atoms with E-state index in [4.69, 9.17) is 30.8 Å². The average molecular weight is 729 g/mol. The summed E-state index contributed by atoms with van der Waals surface area (Å²) in [4.78, 5) is 20.2. The van der Waals surface area contributed by atoms with Gasteiger partial charge in [-0.3, -0.25) is 0 Å². The van der Waals surface area contributed by atoms with Crippen molar-refractivity contribution >= 4 is 69.6 Å². The lowest BCUT2D eigenvalue weighted by atomic mass is 9.99. The molecule has 0 radical (unpaired) electrons. The highest BCUT2D eigenvalue weighted by Gasteiger charge is 2.23. The molecule has 0 amide bonds. The summed E-state index contributed by atoms with van der Waals surface area (Å²) in [5.41, 5.74) is 8.65. The van der Waals surface area contributed by atoms with Crippen LogP contribution in [0.3, 0.4) is 0 Å². The van der Waals surface area contributed by atoms with E-state index in [1.807, 2.05) is 67.6 Å². The number of aromatic nitrogens is 4. The molecule has 0 unspecified atom stereocenters. The van der Waals surface area contributed by atoms with Crippen molar-refractivity contribution in [3.63, 3.8) is 0 Å². The van der Waals surface area contributed by atoms with Gasteiger partial charge in [-0.1, -0.05) is 121 Å². The molecule has 6 aromatic carbocycles. The fraction of sp³-hybridized carbons (Fsp3) is 0.0213. The lowest BCUT2D eigenvalue weighted by molar-refractivity contribution is 0.577. The van der Waals surface area contributed by atoms with Crippen LogP contribution in [0.25, 0.3) is 91.4 Å². The van der Waals surface area contributed by atoms with E-state index >= 15 is 0 Å². The van der Waals surface area contributed by atoms with Crippen LogP contribution in [-0.4, -0.2) is 19.9 Å². The molecule has 54 heavy (non-hydrogen) atoms. The SMILES string of the molecule is C#C/C=C(/c1nc(-c2ccccc2)nc(-c2cccc3sc4c(-c5ccc(-c6nc7ccccc7s6)cc5)cccc4c23)n1)c1c(C)oc2ccccc12. The molecule has 4 heterocycles. The second kappa shape index (κ2) is 13.0. The molecule has 0 spiro atoms. The fourth-order valence-electron chi connectivity index (χ4n) is 7.22. The molecule has 5 nitrogen and oxygen atoms in total. The molecule has 254 valence electrons. The van der Waals surface area contributed by atoms with Crippen molar-refractivity contribution in [2.45, 2.75) is 6.92 Å². The Labute approximate surface area is 319 Å². The van der Waals surface area contributed by atoms with Gasteiger partial charge < -0.3 is 4.42 Å². The Kier molecular flexibility index (Phi) is 7.72. The molecule has 4 aromatic heterocycles. The van der Waals surface area contributed by atoms with Crippen LogP contribution in [-0.2, 0) is 0 Å². The lowest BCUT2D eigenvalue weighted by Gasteiger charge is -2.11. The summed E-state index contributed by atoms with van der Waals surface area (Å²) >= 11 is 3.50. The Balaban J connectivity index is 1.14. The summed E-state index contributed by atoms with van der Waals surface area (Å²) in [6.07, 6.45) is 7.70. The first-order valence-corrected chi connectivity index (χ1v) is 19.1. The van der Waals surface area contributed by atoms with E-state index in [0.29, 0.717) is 23.0 Å². The van der Waals surface area contributed by atoms with E-state index in [1.54, 1.807) is 28.7 Å². The molecule has 0 aliphatic carbocycles. The Morgan fingerprint density at radius 2 is 1.31 bits per heavy atom. The maximum atomic E-state index is 6.18. The number of rotatable bonds is 6. The van der Waals surface area contributed by atoms with Gasteiger partial charge in [-0.2, -0.15) is 0 Å². The van der Waals surface area contributed by atoms with Crippen LogP contribution in [0.2, 0.25) is 0 Å². The predicted octanol–water partition coefficient (Wildman–Crippen LogP) is 12.6. The number of benzene rings is 6. The number of aryl methyl sites for hydroxylation is 1. The van der Waals surface area contributed by atoms with Crippen molar-refractivity contribution in [2.75, 3.05) is 0 Å². The first-order chi connectivity index (χ1) is 26.6. The monoisotopic (exact) mass is 728 g/mol. The van der Waals surface area contributed by atoms with Crippen molar-refractivity contribution in [3.05, 3.63) is 163 Å². The molecule has 0 saturated heterocycles. The fourth-order valence-corrected chi connectivity index (χ4v) is 9.45. The Morgan fingerprint density at radius 3 is 2.17 bits per heavy atom. The maximum Gasteiger partial charge on any atom is 0.165 e. The van der Waals surface area contributed by atoms with Crippen molar-refractivity contribution in [3.8, 4) is 56.8 Å². The minimum atomic E-state index is 0.483. The Morgan fingerprint density at radius 1 is 0.611 bits per heavy atom. The molecule has 10 rings (SSSR count). The van der Waals surface area contributed by atoms with Gasteiger partial charge >= 0.3 is 0 Å². The van der Waals surface area contributed by atoms with Crippen molar-refractivity contribution < 1.29 is 4.42 Å². The first-order valence-electron chi connectivity index (χ1n) is 17.5. The topological polar surface area (TPSA) is 64.7 Å². The van der Waals surface area contributed by atoms with Crippen LogP contribution >= 0.6 is 22.7 Å². The number of hydrogen-bond donors (Lipinski definition) is 0. The Bertz CT molecular complexity index is 3090. The number of thiophene rings is 1. The molecule has 10 aromatic rings. The normalized spacial score (nSPS) is 11.9. The van der Waals surface area contributed by atoms with Gasteiger partial charge in [-0.25, -0.2) is 19.9 Å². The van der Waals surface area contributed by atoms with E-state index in [2.05, 4.69) is 84.8 Å². The number of nitrogens with zero attached hydrogens (tertiary/aromatic N) is 4. The zero-order valence-corrected chi connectivity index (χ0v) is 30.6. The standard InChI is InChI=1S/C47H28N4OS2/c1-3-13-35(41-28(2)52-38-21-9-7-16-33(38)41)45-49-44(30-14-5-4-6-15-30)50-46(51-45)36-19-12-23-40-42(36)34-18-11-17-32(43(34)53-40)29-24-26-31(27-25-29)47-48-37-20-8-10-22-39(37)54-47/h1,4-27H,2H3/b35-13+. The smallest absolute Gasteiger partial charge is 0.165 e. The molecule has 0 aliphatic heterocycles. The largest absolute Gasteiger partial charge is 0.461 e. The number of allylic oxidation sites excluding steroid dienone is 1. The molecular weight excluding hydrogens is 701 g/mol. The number of furan rings is 1. The average Bonchev–Trinajstić information content (AvgIpc) is 3.93. The van der Waals surface area contributed by atoms with Crippen LogP contribution in [0.1, 0.15) is 17.1 Å². The van der Waals surface area contributed by atoms with Gasteiger partial charge in [-0.05, 0) is 48.4 Å². The molecule has 0 bridgehead atoms. The van der Waals surface area contributed by atoms with Crippen molar-refractivity contribution in [1.82, 2.24) is 19.9 Å². The van der Waals surface area contributed by atoms with Gasteiger partial charge in [0.15, 0.2) is 17.5 Å². The summed E-state index contributed by atoms with van der Waals surface area (Å²) in [6, 6.07) is 47.9. The maximum absolute atomic E-state index is 6.18. The molecule has 0 fully saturated rings. The van der Waals surface area contributed by atoms with Crippen LogP contribution < -0.4 is 0 Å². The highest BCUT2D eigenvalue weighted by atomic mass is 32.1. The first kappa shape index (κ1) is 32.0. The summed E-state index contributed by atoms with van der Waals surface area (Å²) in [6.45, 7) is 1.95. The van der Waals surface area contributed by atoms with Crippen LogP contribution in [0.15, 0.2) is 150 Å². The molecular formula is C47H28N4OS2. The molecule has 0 aliphatic rings. The molecule has 7 heteroatoms. The second-order valence-corrected chi connectivity index (χ2v) is 15.0. The zero-order valence-electron chi connectivity index (χ0n) is 28.9. The van der Waals surface area contributed by atoms with E-state index in [1.165, 1.54) is 15.0 Å². The molecule has 0 atom stereocenters. The van der Waals surface area contributed by atoms with Crippen molar-refractivity contribution in [2.24, 2.45) is 0 Å². The summed E-state index contributed by atoms with van der Waals surface area (Å²) < 4.78 is 9.73. The molecule has 0 N–H and O–H groups in total. The quantitative estimate of drug-likeness (QED) is 0.160. The minimum Gasteiger partial charge on any atom is -0.461 e. The van der Waals surface area contributed by atoms with Crippen LogP contribution in [0, 0.1) is 19.3 Å². The third kappa shape index (κ3) is 5.40. The van der Waals surface area contributed by atoms with E-state index < -0.39 is 0 Å². The van der Waals surface area contributed by atoms with Gasteiger partial charge in [0.1, 0.15) is 16.4 Å². The summed E-state index contributed by atoms with van der Waals surface area (Å²) in [5, 5.41) is 4.23. The van der Waals surface area contributed by atoms with Gasteiger partial charge in [0.25, 0.3) is 0 Å². The highest BCUT2D eigenvalue weighted by Crippen LogP contribution is 2.44. The lowest BCUT2D eigenvalue weighted by Crippen LogP contribution is -2.04. The third-order valence-corrected chi connectivity index (χ3v) is 12.0. The highest BCUT2D eigenvalue weighted by molar-refractivity contribution is 7.26. The van der Waals surface area contributed by atoms with Gasteiger partial charge in [0, 0.05) is 53.4 Å². The second-order valence-electron chi connectivity index (χ2n) is 13.0. The van der Waals surface area contributed by atoms with Crippen LogP contribution in [0.5, 0.6) is 0 Å². The number of hydrogen-bond acceptors (Lipinski definition) is 7. The van der Waals surface area contributed by atoms with Gasteiger partial charge in [0.2, 0.25) is 0 Å². The van der Waals surface area contributed by atoms with E-state index in [0.717, 1.165) is 70.5 Å². The van der Waals surface area contributed by atoms with E-state index in [9.17, 15) is 0 Å². The Hall–Kier alpha value is -6.72. The number of fused-ring (bicyclic) bond motifs is 5. The zero-order chi connectivity index (χ0) is 36.2. The number of terminal acetylenes is 1. The summed E-state index contributed by atoms with van der Waals surface area (Å²) in [7, 11) is 0. The minimum absolute atomic E-state index is 0.483. The van der Waals surface area contributed by atoms with E-state index in [-0.39, 0.29) is 0 Å². The number of thiazole rings is 1. The van der Waals surface area contributed by atoms with Crippen molar-refractivity contribution in [1.29, 1.82) is 0 Å². The van der Waals surface area contributed by atoms with Crippen LogP contribution in [0.4, 0.5) is 0 Å². The number of para-hydroxylation sites is 2. The molecule has 0 saturated carbocycles. The third-order valence-electron chi connectivity index (χ3n) is 9.68. The summed E-state index contributed by atoms with van der Waals surface area (Å²) in [5.74, 6) is 5.11.